The molecule has 0 aliphatic rings. The fourth-order valence-corrected chi connectivity index (χ4v) is 1.46. The third-order valence-electron chi connectivity index (χ3n) is 2.27. The molecule has 0 bridgehead atoms. The summed E-state index contributed by atoms with van der Waals surface area (Å²) in [7, 11) is 1.76. The van der Waals surface area contributed by atoms with Crippen LogP contribution in [-0.4, -0.2) is 20.5 Å². The Morgan fingerprint density at radius 3 is 2.81 bits per heavy atom. The van der Waals surface area contributed by atoms with E-state index in [-0.39, 0.29) is 11.6 Å². The number of aryl methyl sites for hydroxylation is 2. The van der Waals surface area contributed by atoms with Crippen LogP contribution in [0.15, 0.2) is 24.7 Å². The summed E-state index contributed by atoms with van der Waals surface area (Å²) in [5, 5.41) is 3.95. The average molecular weight is 216 g/mol. The van der Waals surface area contributed by atoms with E-state index in [1.807, 2.05) is 6.92 Å². The van der Waals surface area contributed by atoms with E-state index < -0.39 is 0 Å². The highest BCUT2D eigenvalue weighted by Crippen LogP contribution is 2.15. The van der Waals surface area contributed by atoms with Gasteiger partial charge in [0.1, 0.15) is 5.82 Å². The van der Waals surface area contributed by atoms with Crippen molar-refractivity contribution >= 4 is 11.6 Å². The fourth-order valence-electron chi connectivity index (χ4n) is 1.46. The van der Waals surface area contributed by atoms with Crippen LogP contribution in [0.3, 0.4) is 0 Å². The number of hydrogen-bond donors (Lipinski definition) is 1. The van der Waals surface area contributed by atoms with Crippen molar-refractivity contribution in [2.24, 2.45) is 7.05 Å². The molecule has 0 spiro atoms. The molecular weight excluding hydrogens is 204 g/mol. The van der Waals surface area contributed by atoms with E-state index in [0.717, 1.165) is 5.56 Å². The lowest BCUT2D eigenvalue weighted by Gasteiger charge is -2.02. The van der Waals surface area contributed by atoms with Gasteiger partial charge in [0.05, 0.1) is 17.3 Å². The summed E-state index contributed by atoms with van der Waals surface area (Å²) in [4.78, 5) is 16.0. The van der Waals surface area contributed by atoms with Gasteiger partial charge in [-0.05, 0) is 18.6 Å². The zero-order valence-corrected chi connectivity index (χ0v) is 9.14. The molecule has 0 amide bonds. The Labute approximate surface area is 92.9 Å². The summed E-state index contributed by atoms with van der Waals surface area (Å²) in [5.74, 6) is 0.0984. The van der Waals surface area contributed by atoms with Crippen molar-refractivity contribution in [2.45, 2.75) is 6.92 Å². The first-order valence-electron chi connectivity index (χ1n) is 4.83. The van der Waals surface area contributed by atoms with Gasteiger partial charge in [-0.25, -0.2) is 4.98 Å². The molecule has 0 radical (unpaired) electrons. The summed E-state index contributed by atoms with van der Waals surface area (Å²) < 4.78 is 1.58. The van der Waals surface area contributed by atoms with E-state index in [0.29, 0.717) is 11.1 Å². The fraction of sp³-hybridized carbons (Fsp3) is 0.182. The van der Waals surface area contributed by atoms with Crippen molar-refractivity contribution in [1.29, 1.82) is 0 Å². The molecule has 0 unspecified atom stereocenters. The Morgan fingerprint density at radius 1 is 1.44 bits per heavy atom. The maximum Gasteiger partial charge on any atom is 0.199 e. The first-order chi connectivity index (χ1) is 7.58. The van der Waals surface area contributed by atoms with Crippen molar-refractivity contribution < 1.29 is 4.79 Å². The van der Waals surface area contributed by atoms with Crippen LogP contribution in [-0.2, 0) is 7.05 Å². The third kappa shape index (κ3) is 1.79. The summed E-state index contributed by atoms with van der Waals surface area (Å²) >= 11 is 0. The molecule has 0 aliphatic heterocycles. The standard InChI is InChI=1S/C11H12N4O/c1-7-3-9(11(12)13-4-7)10(16)8-5-14-15(2)6-8/h3-6H,1-2H3,(H2,12,13). The van der Waals surface area contributed by atoms with Gasteiger partial charge >= 0.3 is 0 Å². The number of nitrogens with zero attached hydrogens (tertiary/aromatic N) is 3. The molecule has 0 saturated heterocycles. The summed E-state index contributed by atoms with van der Waals surface area (Å²) in [6.45, 7) is 1.87. The Kier molecular flexibility index (Phi) is 2.44. The highest BCUT2D eigenvalue weighted by molar-refractivity contribution is 6.11. The number of carbonyl (C=O) groups is 1. The lowest BCUT2D eigenvalue weighted by atomic mass is 10.1. The normalized spacial score (nSPS) is 10.4. The Morgan fingerprint density at radius 2 is 2.19 bits per heavy atom. The van der Waals surface area contributed by atoms with Crippen molar-refractivity contribution in [3.05, 3.63) is 41.3 Å². The highest BCUT2D eigenvalue weighted by atomic mass is 16.1. The Hall–Kier alpha value is -2.17. The summed E-state index contributed by atoms with van der Waals surface area (Å²) in [6.07, 6.45) is 4.81. The number of nitrogens with two attached hydrogens (primary N) is 1. The topological polar surface area (TPSA) is 73.8 Å². The van der Waals surface area contributed by atoms with Gasteiger partial charge in [0.2, 0.25) is 0 Å². The van der Waals surface area contributed by atoms with Gasteiger partial charge < -0.3 is 5.73 Å². The van der Waals surface area contributed by atoms with Crippen molar-refractivity contribution in [3.8, 4) is 0 Å². The molecule has 16 heavy (non-hydrogen) atoms. The number of rotatable bonds is 2. The molecule has 0 fully saturated rings. The van der Waals surface area contributed by atoms with Crippen LogP contribution in [0.5, 0.6) is 0 Å². The smallest absolute Gasteiger partial charge is 0.199 e. The van der Waals surface area contributed by atoms with Gasteiger partial charge in [0, 0.05) is 19.4 Å². The molecule has 0 aliphatic carbocycles. The predicted octanol–water partition coefficient (Wildman–Crippen LogP) is 0.937. The zero-order valence-electron chi connectivity index (χ0n) is 9.14. The number of anilines is 1. The third-order valence-corrected chi connectivity index (χ3v) is 2.27. The molecule has 0 atom stereocenters. The second kappa shape index (κ2) is 3.77. The van der Waals surface area contributed by atoms with E-state index >= 15 is 0 Å². The average Bonchev–Trinajstić information content (AvgIpc) is 2.67. The monoisotopic (exact) mass is 216 g/mol. The van der Waals surface area contributed by atoms with Gasteiger partial charge in [-0.15, -0.1) is 0 Å². The molecule has 5 nitrogen and oxygen atoms in total. The first-order valence-corrected chi connectivity index (χ1v) is 4.83. The minimum atomic E-state index is -0.151. The lowest BCUT2D eigenvalue weighted by molar-refractivity contribution is 0.103. The highest BCUT2D eigenvalue weighted by Gasteiger charge is 2.14. The van der Waals surface area contributed by atoms with Gasteiger partial charge in [0.25, 0.3) is 0 Å². The quantitative estimate of drug-likeness (QED) is 0.758. The Balaban J connectivity index is 2.45. The van der Waals surface area contributed by atoms with Crippen LogP contribution in [0, 0.1) is 6.92 Å². The van der Waals surface area contributed by atoms with Gasteiger partial charge in [-0.2, -0.15) is 5.10 Å². The van der Waals surface area contributed by atoms with E-state index in [1.165, 1.54) is 6.20 Å². The van der Waals surface area contributed by atoms with E-state index in [4.69, 9.17) is 5.73 Å². The number of ketones is 1. The van der Waals surface area contributed by atoms with Gasteiger partial charge in [-0.3, -0.25) is 9.48 Å². The second-order valence-corrected chi connectivity index (χ2v) is 3.68. The maximum absolute atomic E-state index is 12.1. The zero-order chi connectivity index (χ0) is 11.7. The molecule has 5 heteroatoms. The number of nitrogen functional groups attached to an aromatic ring is 1. The Bertz CT molecular complexity index is 545. The molecule has 2 heterocycles. The van der Waals surface area contributed by atoms with Crippen molar-refractivity contribution in [3.63, 3.8) is 0 Å². The van der Waals surface area contributed by atoms with Gasteiger partial charge in [-0.1, -0.05) is 0 Å². The largest absolute Gasteiger partial charge is 0.383 e. The molecule has 2 rings (SSSR count). The van der Waals surface area contributed by atoms with Crippen LogP contribution in [0.1, 0.15) is 21.5 Å². The number of aromatic nitrogens is 3. The maximum atomic E-state index is 12.1. The van der Waals surface area contributed by atoms with Crippen molar-refractivity contribution in [2.75, 3.05) is 5.73 Å². The summed E-state index contributed by atoms with van der Waals surface area (Å²) in [5.41, 5.74) is 7.52. The number of hydrogen-bond acceptors (Lipinski definition) is 4. The van der Waals surface area contributed by atoms with E-state index in [9.17, 15) is 4.79 Å². The van der Waals surface area contributed by atoms with Crippen LogP contribution >= 0.6 is 0 Å². The van der Waals surface area contributed by atoms with Crippen LogP contribution in [0.2, 0.25) is 0 Å². The van der Waals surface area contributed by atoms with Crippen LogP contribution in [0.4, 0.5) is 5.82 Å². The van der Waals surface area contributed by atoms with Crippen LogP contribution < -0.4 is 5.73 Å². The number of carbonyl (C=O) groups excluding carboxylic acids is 1. The number of pyridine rings is 1. The molecule has 82 valence electrons. The van der Waals surface area contributed by atoms with Crippen LogP contribution in [0.25, 0.3) is 0 Å². The molecule has 2 aromatic heterocycles. The van der Waals surface area contributed by atoms with E-state index in [2.05, 4.69) is 10.1 Å². The summed E-state index contributed by atoms with van der Waals surface area (Å²) in [6, 6.07) is 1.73. The first kappa shape index (κ1) is 10.4. The molecular formula is C11H12N4O. The predicted molar refractivity (Wildman–Crippen MR) is 60.0 cm³/mol. The van der Waals surface area contributed by atoms with E-state index in [1.54, 1.807) is 30.2 Å². The minimum absolute atomic E-state index is 0.151. The minimum Gasteiger partial charge on any atom is -0.383 e. The molecule has 0 aromatic carbocycles. The second-order valence-electron chi connectivity index (χ2n) is 3.68. The molecule has 2 aromatic rings. The van der Waals surface area contributed by atoms with Crippen molar-refractivity contribution in [1.82, 2.24) is 14.8 Å². The SMILES string of the molecule is Cc1cnc(N)c(C(=O)c2cnn(C)c2)c1. The molecule has 0 saturated carbocycles. The van der Waals surface area contributed by atoms with Gasteiger partial charge in [0.15, 0.2) is 5.78 Å². The molecule has 2 N–H and O–H groups in total. The lowest BCUT2D eigenvalue weighted by Crippen LogP contribution is -2.06.